The van der Waals surface area contributed by atoms with Crippen LogP contribution >= 0.6 is 0 Å². The Morgan fingerprint density at radius 1 is 1.54 bits per heavy atom. The summed E-state index contributed by atoms with van der Waals surface area (Å²) in [5.74, 6) is 0.414. The second kappa shape index (κ2) is 7.89. The molecule has 0 spiro atoms. The van der Waals surface area contributed by atoms with Gasteiger partial charge in [-0.25, -0.2) is 10.3 Å². The minimum Gasteiger partial charge on any atom is -0.385 e. The third kappa shape index (κ3) is 3.38. The Balaban J connectivity index is 1.62. The first-order valence-electron chi connectivity index (χ1n) is 10.1. The van der Waals surface area contributed by atoms with E-state index in [9.17, 15) is 9.90 Å². The molecular formula is C22H29N4O2+. The Morgan fingerprint density at radius 2 is 2.39 bits per heavy atom. The Labute approximate surface area is 165 Å². The minimum atomic E-state index is -0.692. The van der Waals surface area contributed by atoms with E-state index < -0.39 is 6.10 Å². The summed E-state index contributed by atoms with van der Waals surface area (Å²) in [7, 11) is 0. The molecule has 1 aromatic heterocycles. The molecule has 148 valence electrons. The van der Waals surface area contributed by atoms with Gasteiger partial charge in [-0.15, -0.1) is 6.58 Å². The lowest BCUT2D eigenvalue weighted by atomic mass is 9.71. The monoisotopic (exact) mass is 381 g/mol. The number of aliphatic hydroxyl groups excluding tert-OH is 1. The first-order chi connectivity index (χ1) is 13.6. The highest BCUT2D eigenvalue weighted by molar-refractivity contribution is 5.88. The van der Waals surface area contributed by atoms with Gasteiger partial charge in [0.05, 0.1) is 12.8 Å². The van der Waals surface area contributed by atoms with Crippen molar-refractivity contribution in [2.45, 2.75) is 37.8 Å². The van der Waals surface area contributed by atoms with Gasteiger partial charge in [-0.05, 0) is 37.0 Å². The molecule has 1 unspecified atom stereocenters. The Morgan fingerprint density at radius 3 is 3.18 bits per heavy atom. The number of hydrogen-bond acceptors (Lipinski definition) is 3. The molecule has 1 aliphatic carbocycles. The summed E-state index contributed by atoms with van der Waals surface area (Å²) in [4.78, 5) is 20.2. The number of fused-ring (bicyclic) bond motifs is 2. The maximum atomic E-state index is 11.7. The number of H-pyrrole nitrogens is 1. The summed E-state index contributed by atoms with van der Waals surface area (Å²) in [5, 5.41) is 14.8. The average Bonchev–Trinajstić information content (AvgIpc) is 3.11. The fraction of sp³-hybridized carbons (Fsp3) is 0.455. The highest BCUT2D eigenvalue weighted by atomic mass is 16.3. The molecule has 1 aromatic carbocycles. The van der Waals surface area contributed by atoms with Crippen molar-refractivity contribution in [2.75, 3.05) is 19.6 Å². The molecule has 2 aliphatic rings. The smallest absolute Gasteiger partial charge is 0.385 e. The van der Waals surface area contributed by atoms with Crippen molar-refractivity contribution in [1.82, 2.24) is 15.2 Å². The topological polar surface area (TPSA) is 82.3 Å². The van der Waals surface area contributed by atoms with Crippen LogP contribution in [0.3, 0.4) is 0 Å². The third-order valence-corrected chi connectivity index (χ3v) is 6.18. The zero-order valence-electron chi connectivity index (χ0n) is 16.3. The van der Waals surface area contributed by atoms with Gasteiger partial charge in [0.1, 0.15) is 6.10 Å². The molecule has 2 amide bonds. The van der Waals surface area contributed by atoms with Crippen molar-refractivity contribution in [1.29, 1.82) is 0 Å². The normalized spacial score (nSPS) is 25.6. The maximum absolute atomic E-state index is 11.7. The van der Waals surface area contributed by atoms with E-state index in [0.717, 1.165) is 25.9 Å². The van der Waals surface area contributed by atoms with Crippen LogP contribution < -0.4 is 10.3 Å². The van der Waals surface area contributed by atoms with Gasteiger partial charge in [0.15, 0.2) is 0 Å². The van der Waals surface area contributed by atoms with Crippen LogP contribution in [0.4, 0.5) is 4.79 Å². The summed E-state index contributed by atoms with van der Waals surface area (Å²) >= 11 is 0. The van der Waals surface area contributed by atoms with Crippen molar-refractivity contribution in [3.63, 3.8) is 0 Å². The lowest BCUT2D eigenvalue weighted by Gasteiger charge is -2.47. The van der Waals surface area contributed by atoms with Gasteiger partial charge < -0.3 is 10.1 Å². The van der Waals surface area contributed by atoms with E-state index >= 15 is 0 Å². The quantitative estimate of drug-likeness (QED) is 0.459. The van der Waals surface area contributed by atoms with E-state index in [0.29, 0.717) is 18.5 Å². The lowest BCUT2D eigenvalue weighted by Crippen LogP contribution is -2.79. The number of amides is 2. The predicted molar refractivity (Wildman–Crippen MR) is 111 cm³/mol. The van der Waals surface area contributed by atoms with Crippen molar-refractivity contribution in [3.05, 3.63) is 48.2 Å². The molecule has 6 nitrogen and oxygen atoms in total. The molecule has 4 N–H and O–H groups in total. The molecule has 0 saturated carbocycles. The van der Waals surface area contributed by atoms with E-state index in [1.165, 1.54) is 28.2 Å². The zero-order valence-corrected chi connectivity index (χ0v) is 16.3. The second-order valence-corrected chi connectivity index (χ2v) is 7.86. The van der Waals surface area contributed by atoms with Gasteiger partial charge in [0.25, 0.3) is 0 Å². The number of aliphatic hydroxyl groups is 1. The van der Waals surface area contributed by atoms with Crippen molar-refractivity contribution in [3.8, 4) is 0 Å². The highest BCUT2D eigenvalue weighted by Gasteiger charge is 2.42. The lowest BCUT2D eigenvalue weighted by molar-refractivity contribution is -0.342. The summed E-state index contributed by atoms with van der Waals surface area (Å²) in [5.41, 5.74) is 3.94. The SMILES string of the molecule is C=CCN1C[C@H](C(O)C=[NH+]C(=O)NCC)C[C@@H]2c3cccc4[nH]cc(c34)C[C@H]21. The van der Waals surface area contributed by atoms with Crippen LogP contribution in [0.5, 0.6) is 0 Å². The van der Waals surface area contributed by atoms with Crippen LogP contribution in [-0.2, 0) is 6.42 Å². The predicted octanol–water partition coefficient (Wildman–Crippen LogP) is 0.926. The van der Waals surface area contributed by atoms with Crippen LogP contribution in [0.25, 0.3) is 10.9 Å². The van der Waals surface area contributed by atoms with Crippen molar-refractivity contribution >= 4 is 23.1 Å². The van der Waals surface area contributed by atoms with Crippen LogP contribution in [0, 0.1) is 5.92 Å². The molecule has 0 bridgehead atoms. The molecule has 1 aliphatic heterocycles. The van der Waals surface area contributed by atoms with Gasteiger partial charge in [-0.2, -0.15) is 4.79 Å². The number of likely N-dealkylation sites (tertiary alicyclic amines) is 1. The third-order valence-electron chi connectivity index (χ3n) is 6.18. The number of nitrogens with zero attached hydrogens (tertiary/aromatic N) is 1. The molecule has 28 heavy (non-hydrogen) atoms. The number of urea groups is 1. The van der Waals surface area contributed by atoms with Crippen LogP contribution in [-0.4, -0.2) is 59.0 Å². The van der Waals surface area contributed by atoms with E-state index in [-0.39, 0.29) is 11.9 Å². The van der Waals surface area contributed by atoms with Crippen LogP contribution in [0.15, 0.2) is 37.1 Å². The molecule has 1 fully saturated rings. The van der Waals surface area contributed by atoms with Gasteiger partial charge in [0.2, 0.25) is 0 Å². The van der Waals surface area contributed by atoms with E-state index in [1.807, 2.05) is 13.0 Å². The van der Waals surface area contributed by atoms with Crippen molar-refractivity contribution in [2.24, 2.45) is 5.92 Å². The second-order valence-electron chi connectivity index (χ2n) is 7.86. The molecule has 6 heteroatoms. The Kier molecular flexibility index (Phi) is 5.33. The first kappa shape index (κ1) is 18.9. The number of piperidine rings is 1. The van der Waals surface area contributed by atoms with Gasteiger partial charge >= 0.3 is 6.03 Å². The van der Waals surface area contributed by atoms with Gasteiger partial charge in [-0.3, -0.25) is 4.90 Å². The maximum Gasteiger partial charge on any atom is 0.488 e. The molecule has 2 heterocycles. The molecule has 1 saturated heterocycles. The van der Waals surface area contributed by atoms with Crippen LogP contribution in [0.1, 0.15) is 30.4 Å². The van der Waals surface area contributed by atoms with E-state index in [1.54, 1.807) is 0 Å². The summed E-state index contributed by atoms with van der Waals surface area (Å²) in [6, 6.07) is 6.60. The first-order valence-corrected chi connectivity index (χ1v) is 10.1. The molecule has 2 aromatic rings. The zero-order chi connectivity index (χ0) is 19.7. The van der Waals surface area contributed by atoms with Gasteiger partial charge in [-0.1, -0.05) is 18.2 Å². The fourth-order valence-corrected chi connectivity index (χ4v) is 4.97. The van der Waals surface area contributed by atoms with E-state index in [2.05, 4.69) is 51.2 Å². The summed E-state index contributed by atoms with van der Waals surface area (Å²) < 4.78 is 0. The molecule has 4 rings (SSSR count). The largest absolute Gasteiger partial charge is 0.488 e. The summed E-state index contributed by atoms with van der Waals surface area (Å²) in [6.07, 6.45) is 6.82. The fourth-order valence-electron chi connectivity index (χ4n) is 4.97. The summed E-state index contributed by atoms with van der Waals surface area (Å²) in [6.45, 7) is 7.94. The van der Waals surface area contributed by atoms with E-state index in [4.69, 9.17) is 0 Å². The number of aromatic nitrogens is 1. The number of nitrogens with one attached hydrogen (secondary N) is 3. The van der Waals surface area contributed by atoms with Crippen molar-refractivity contribution < 1.29 is 14.9 Å². The Hall–Kier alpha value is -2.44. The number of rotatable bonds is 5. The highest BCUT2D eigenvalue weighted by Crippen LogP contribution is 2.45. The van der Waals surface area contributed by atoms with Crippen LogP contribution in [0.2, 0.25) is 0 Å². The number of hydrogen-bond donors (Lipinski definition) is 4. The molecule has 0 radical (unpaired) electrons. The number of aromatic amines is 1. The molecular weight excluding hydrogens is 352 g/mol. The number of carbonyl (C=O) groups is 1. The molecule has 4 atom stereocenters. The Bertz CT molecular complexity index is 903. The number of benzene rings is 1. The number of carbonyl (C=O) groups excluding carboxylic acids is 1. The van der Waals surface area contributed by atoms with Gasteiger partial charge in [0, 0.05) is 48.1 Å². The standard InChI is InChI=1S/C22H28N4O2/c1-3-8-26-13-15(20(27)12-25-22(28)23-4-2)9-17-16-6-5-7-18-21(16)14(11-24-18)10-19(17)26/h3,5-7,11-12,15,17,19-20,24,27H,1,4,8-10,13H2,2H3,(H,23,28)/p+1/t15-,17-,19-,20?/m1/s1. The average molecular weight is 382 g/mol. The minimum absolute atomic E-state index is 0.0545.